The first-order valence-electron chi connectivity index (χ1n) is 7.00. The van der Waals surface area contributed by atoms with Gasteiger partial charge in [0, 0.05) is 13.1 Å². The highest BCUT2D eigenvalue weighted by Gasteiger charge is 2.23. The van der Waals surface area contributed by atoms with Gasteiger partial charge in [0.25, 0.3) is 0 Å². The molecule has 1 aromatic rings. The van der Waals surface area contributed by atoms with Crippen LogP contribution in [0.2, 0.25) is 0 Å². The van der Waals surface area contributed by atoms with Gasteiger partial charge in [-0.1, -0.05) is 19.4 Å². The summed E-state index contributed by atoms with van der Waals surface area (Å²) in [6.45, 7) is 4.75. The van der Waals surface area contributed by atoms with Crippen LogP contribution in [0, 0.1) is 17.2 Å². The molecule has 0 spiro atoms. The predicted molar refractivity (Wildman–Crippen MR) is 78.0 cm³/mol. The van der Waals surface area contributed by atoms with Crippen molar-refractivity contribution in [1.29, 1.82) is 5.26 Å². The van der Waals surface area contributed by atoms with Crippen molar-refractivity contribution in [3.05, 3.63) is 29.8 Å². The lowest BCUT2D eigenvalue weighted by molar-refractivity contribution is 0.341. The van der Waals surface area contributed by atoms with Gasteiger partial charge in [-0.3, -0.25) is 0 Å². The average molecular weight is 292 g/mol. The number of hydrogen-bond donors (Lipinski definition) is 0. The van der Waals surface area contributed by atoms with Crippen LogP contribution in [0.4, 0.5) is 0 Å². The zero-order valence-corrected chi connectivity index (χ0v) is 12.6. The molecule has 1 heterocycles. The van der Waals surface area contributed by atoms with Crippen LogP contribution in [0.25, 0.3) is 0 Å². The number of nitriles is 1. The second kappa shape index (κ2) is 6.38. The SMILES string of the molecule is CCC1CCN(CCS(=O)(=O)c2cccc(C#N)c2)C1. The minimum absolute atomic E-state index is 0.123. The molecule has 1 aliphatic rings. The molecular weight excluding hydrogens is 272 g/mol. The Bertz CT molecular complexity index is 605. The quantitative estimate of drug-likeness (QED) is 0.833. The van der Waals surface area contributed by atoms with Crippen LogP contribution in [-0.4, -0.2) is 38.7 Å². The molecule has 20 heavy (non-hydrogen) atoms. The first-order chi connectivity index (χ1) is 9.55. The number of benzene rings is 1. The van der Waals surface area contributed by atoms with Gasteiger partial charge in [-0.2, -0.15) is 5.26 Å². The third-order valence-corrected chi connectivity index (χ3v) is 5.64. The number of sulfone groups is 1. The summed E-state index contributed by atoms with van der Waals surface area (Å²) < 4.78 is 24.5. The lowest BCUT2D eigenvalue weighted by Gasteiger charge is -2.15. The van der Waals surface area contributed by atoms with Crippen molar-refractivity contribution in [3.8, 4) is 6.07 Å². The van der Waals surface area contributed by atoms with Crippen LogP contribution in [0.15, 0.2) is 29.2 Å². The fourth-order valence-electron chi connectivity index (χ4n) is 2.58. The van der Waals surface area contributed by atoms with Crippen LogP contribution in [0.5, 0.6) is 0 Å². The summed E-state index contributed by atoms with van der Waals surface area (Å²) in [7, 11) is -3.30. The van der Waals surface area contributed by atoms with Crippen molar-refractivity contribution in [2.75, 3.05) is 25.4 Å². The second-order valence-corrected chi connectivity index (χ2v) is 7.43. The maximum atomic E-state index is 12.3. The zero-order chi connectivity index (χ0) is 14.6. The Morgan fingerprint density at radius 1 is 1.45 bits per heavy atom. The van der Waals surface area contributed by atoms with E-state index in [4.69, 9.17) is 5.26 Å². The van der Waals surface area contributed by atoms with Gasteiger partial charge in [0.05, 0.1) is 22.3 Å². The lowest BCUT2D eigenvalue weighted by atomic mass is 10.1. The Kier molecular flexibility index (Phi) is 4.79. The van der Waals surface area contributed by atoms with E-state index in [0.717, 1.165) is 19.5 Å². The molecule has 2 rings (SSSR count). The second-order valence-electron chi connectivity index (χ2n) is 5.32. The molecule has 1 atom stereocenters. The van der Waals surface area contributed by atoms with Gasteiger partial charge in [0.2, 0.25) is 0 Å². The summed E-state index contributed by atoms with van der Waals surface area (Å²) in [5.74, 6) is 0.831. The summed E-state index contributed by atoms with van der Waals surface area (Å²) in [4.78, 5) is 2.47. The highest BCUT2D eigenvalue weighted by atomic mass is 32.2. The molecule has 1 aliphatic heterocycles. The van der Waals surface area contributed by atoms with E-state index >= 15 is 0 Å². The highest BCUT2D eigenvalue weighted by molar-refractivity contribution is 7.91. The number of likely N-dealkylation sites (tertiary alicyclic amines) is 1. The summed E-state index contributed by atoms with van der Waals surface area (Å²) in [6.07, 6.45) is 2.33. The van der Waals surface area contributed by atoms with Gasteiger partial charge in [0.1, 0.15) is 0 Å². The van der Waals surface area contributed by atoms with E-state index < -0.39 is 9.84 Å². The van der Waals surface area contributed by atoms with Crippen molar-refractivity contribution in [2.24, 2.45) is 5.92 Å². The largest absolute Gasteiger partial charge is 0.302 e. The van der Waals surface area contributed by atoms with Crippen LogP contribution in [0.3, 0.4) is 0 Å². The molecule has 0 radical (unpaired) electrons. The Balaban J connectivity index is 1.99. The van der Waals surface area contributed by atoms with Crippen molar-refractivity contribution in [1.82, 2.24) is 4.90 Å². The molecule has 0 amide bonds. The number of nitrogens with zero attached hydrogens (tertiary/aromatic N) is 2. The van der Waals surface area contributed by atoms with Gasteiger partial charge < -0.3 is 4.90 Å². The molecule has 1 saturated heterocycles. The minimum atomic E-state index is -3.30. The molecule has 0 aromatic heterocycles. The first-order valence-corrected chi connectivity index (χ1v) is 8.65. The molecule has 0 N–H and O–H groups in total. The van der Waals surface area contributed by atoms with Gasteiger partial charge >= 0.3 is 0 Å². The molecule has 0 saturated carbocycles. The Morgan fingerprint density at radius 2 is 2.25 bits per heavy atom. The van der Waals surface area contributed by atoms with Gasteiger partial charge in [0.15, 0.2) is 9.84 Å². The molecule has 1 unspecified atom stereocenters. The third-order valence-electron chi connectivity index (χ3n) is 3.95. The minimum Gasteiger partial charge on any atom is -0.302 e. The number of rotatable bonds is 5. The van der Waals surface area contributed by atoms with E-state index in [1.165, 1.54) is 12.5 Å². The fourth-order valence-corrected chi connectivity index (χ4v) is 3.90. The first kappa shape index (κ1) is 15.0. The van der Waals surface area contributed by atoms with E-state index in [1.807, 2.05) is 6.07 Å². The number of hydrogen-bond acceptors (Lipinski definition) is 4. The summed E-state index contributed by atoms with van der Waals surface area (Å²) in [5.41, 5.74) is 0.387. The smallest absolute Gasteiger partial charge is 0.179 e. The van der Waals surface area contributed by atoms with Crippen molar-refractivity contribution in [2.45, 2.75) is 24.7 Å². The average Bonchev–Trinajstić information content (AvgIpc) is 2.93. The van der Waals surface area contributed by atoms with E-state index in [0.29, 0.717) is 18.0 Å². The third kappa shape index (κ3) is 3.59. The molecule has 0 bridgehead atoms. The van der Waals surface area contributed by atoms with E-state index in [1.54, 1.807) is 18.2 Å². The Morgan fingerprint density at radius 3 is 2.90 bits per heavy atom. The predicted octanol–water partition coefficient (Wildman–Crippen LogP) is 2.06. The fraction of sp³-hybridized carbons (Fsp3) is 0.533. The van der Waals surface area contributed by atoms with Gasteiger partial charge in [-0.15, -0.1) is 0 Å². The van der Waals surface area contributed by atoms with E-state index in [2.05, 4.69) is 11.8 Å². The Hall–Kier alpha value is -1.38. The molecule has 4 nitrogen and oxygen atoms in total. The van der Waals surface area contributed by atoms with Crippen LogP contribution in [-0.2, 0) is 9.84 Å². The Labute approximate surface area is 120 Å². The normalized spacial score (nSPS) is 19.9. The molecule has 5 heteroatoms. The van der Waals surface area contributed by atoms with Crippen molar-refractivity contribution in [3.63, 3.8) is 0 Å². The summed E-state index contributed by atoms with van der Waals surface area (Å²) in [5, 5.41) is 8.83. The van der Waals surface area contributed by atoms with E-state index in [-0.39, 0.29) is 10.6 Å². The standard InChI is InChI=1S/C15H20N2O2S/c1-2-13-6-7-17(12-13)8-9-20(18,19)15-5-3-4-14(10-15)11-16/h3-5,10,13H,2,6-9,12H2,1H3. The molecule has 108 valence electrons. The highest BCUT2D eigenvalue weighted by Crippen LogP contribution is 2.20. The van der Waals surface area contributed by atoms with Crippen molar-refractivity contribution < 1.29 is 8.42 Å². The van der Waals surface area contributed by atoms with Crippen molar-refractivity contribution >= 4 is 9.84 Å². The molecule has 1 aromatic carbocycles. The maximum Gasteiger partial charge on any atom is 0.179 e. The van der Waals surface area contributed by atoms with Crippen LogP contribution < -0.4 is 0 Å². The summed E-state index contributed by atoms with van der Waals surface area (Å²) >= 11 is 0. The van der Waals surface area contributed by atoms with Gasteiger partial charge in [-0.25, -0.2) is 8.42 Å². The van der Waals surface area contributed by atoms with Gasteiger partial charge in [-0.05, 0) is 37.1 Å². The molecule has 1 fully saturated rings. The monoisotopic (exact) mass is 292 g/mol. The van der Waals surface area contributed by atoms with Crippen LogP contribution in [0.1, 0.15) is 25.3 Å². The topological polar surface area (TPSA) is 61.2 Å². The van der Waals surface area contributed by atoms with Crippen LogP contribution >= 0.6 is 0 Å². The zero-order valence-electron chi connectivity index (χ0n) is 11.7. The summed E-state index contributed by atoms with van der Waals surface area (Å²) in [6, 6.07) is 8.23. The molecule has 0 aliphatic carbocycles. The molecular formula is C15H20N2O2S. The lowest BCUT2D eigenvalue weighted by Crippen LogP contribution is -2.27. The van der Waals surface area contributed by atoms with E-state index in [9.17, 15) is 8.42 Å². The maximum absolute atomic E-state index is 12.3.